The van der Waals surface area contributed by atoms with Crippen LogP contribution in [0.3, 0.4) is 0 Å². The van der Waals surface area contributed by atoms with Crippen LogP contribution in [0.4, 0.5) is 27.6 Å². The lowest BCUT2D eigenvalue weighted by atomic mass is 10.2. The van der Waals surface area contributed by atoms with Gasteiger partial charge in [0.1, 0.15) is 0 Å². The maximum atomic E-state index is 12.2. The quantitative estimate of drug-likeness (QED) is 0.117. The molecule has 4 N–H and O–H groups in total. The number of nitrogens with one attached hydrogen (secondary N) is 1. The Morgan fingerprint density at radius 1 is 1.22 bits per heavy atom. The minimum Gasteiger partial charge on any atom is -0.379 e. The second-order valence-electron chi connectivity index (χ2n) is 4.74. The fourth-order valence-corrected chi connectivity index (χ4v) is 2.35. The van der Waals surface area contributed by atoms with Crippen molar-refractivity contribution in [2.45, 2.75) is 29.8 Å². The van der Waals surface area contributed by atoms with Crippen molar-refractivity contribution in [1.82, 2.24) is 0 Å². The number of rotatable bonds is 6. The van der Waals surface area contributed by atoms with Gasteiger partial charge in [-0.3, -0.25) is 20.1 Å². The summed E-state index contributed by atoms with van der Waals surface area (Å²) in [5.41, 5.74) is 4.64. The van der Waals surface area contributed by atoms with Crippen LogP contribution in [-0.2, 0) is 10.1 Å². The zero-order valence-electron chi connectivity index (χ0n) is 13.2. The van der Waals surface area contributed by atoms with Gasteiger partial charge in [-0.25, -0.2) is 0 Å². The highest BCUT2D eigenvalue weighted by Crippen LogP contribution is 2.38. The van der Waals surface area contributed by atoms with Crippen LogP contribution in [0.15, 0.2) is 29.2 Å². The molecule has 0 unspecified atom stereocenters. The summed E-state index contributed by atoms with van der Waals surface area (Å²) in [4.78, 5) is 9.13. The Morgan fingerprint density at radius 2 is 1.70 bits per heavy atom. The van der Waals surface area contributed by atoms with Crippen molar-refractivity contribution < 1.29 is 39.8 Å². The van der Waals surface area contributed by atoms with E-state index in [9.17, 15) is 40.5 Å². The summed E-state index contributed by atoms with van der Waals surface area (Å²) in [5, 5.41) is 16.5. The van der Waals surface area contributed by atoms with E-state index in [0.717, 1.165) is 36.0 Å². The lowest BCUT2D eigenvalue weighted by Gasteiger charge is -2.18. The van der Waals surface area contributed by atoms with Crippen LogP contribution in [-0.4, -0.2) is 40.9 Å². The summed E-state index contributed by atoms with van der Waals surface area (Å²) in [6.07, 6.45) is -7.10. The van der Waals surface area contributed by atoms with Gasteiger partial charge in [0.2, 0.25) is 0 Å². The van der Waals surface area contributed by atoms with E-state index in [1.807, 2.05) is 0 Å². The number of amidine groups is 1. The molecule has 27 heavy (non-hydrogen) atoms. The van der Waals surface area contributed by atoms with Gasteiger partial charge in [0.05, 0.1) is 9.82 Å². The summed E-state index contributed by atoms with van der Waals surface area (Å²) >= 11 is 0.743. The maximum Gasteiger partial charge on any atom is 0.453 e. The Hall–Kier alpha value is -2.00. The average Bonchev–Trinajstić information content (AvgIpc) is 2.50. The molecule has 0 heterocycles. The van der Waals surface area contributed by atoms with Gasteiger partial charge < -0.3 is 5.73 Å². The molecule has 0 amide bonds. The predicted octanol–water partition coefficient (Wildman–Crippen LogP) is 3.43. The third-order valence-corrected chi connectivity index (χ3v) is 4.32. The molecule has 0 aliphatic heterocycles. The zero-order valence-corrected chi connectivity index (χ0v) is 14.9. The van der Waals surface area contributed by atoms with E-state index in [1.165, 1.54) is 0 Å². The number of halogens is 5. The van der Waals surface area contributed by atoms with Crippen molar-refractivity contribution in [2.75, 3.05) is 5.75 Å². The Labute approximate surface area is 154 Å². The number of benzene rings is 1. The molecule has 0 bridgehead atoms. The van der Waals surface area contributed by atoms with Crippen molar-refractivity contribution in [2.24, 2.45) is 5.73 Å². The molecule has 154 valence electrons. The molecule has 0 saturated heterocycles. The van der Waals surface area contributed by atoms with Gasteiger partial charge in [-0.05, 0) is 18.6 Å². The van der Waals surface area contributed by atoms with E-state index in [0.29, 0.717) is 0 Å². The molecule has 0 atom stereocenters. The lowest BCUT2D eigenvalue weighted by Crippen LogP contribution is -2.36. The topological polar surface area (TPSA) is 147 Å². The number of hydrogen-bond acceptors (Lipinski definition) is 6. The first-order chi connectivity index (χ1) is 12.1. The fourth-order valence-electron chi connectivity index (χ4n) is 1.36. The number of alkyl halides is 5. The second kappa shape index (κ2) is 9.80. The second-order valence-corrected chi connectivity index (χ2v) is 7.30. The molecule has 0 aliphatic rings. The van der Waals surface area contributed by atoms with E-state index in [-0.39, 0.29) is 27.9 Å². The first-order valence-corrected chi connectivity index (χ1v) is 9.14. The highest BCUT2D eigenvalue weighted by atomic mass is 32.2. The molecule has 0 saturated carbocycles. The molecule has 0 radical (unpaired) electrons. The summed E-state index contributed by atoms with van der Waals surface area (Å²) in [6.45, 7) is 0. The van der Waals surface area contributed by atoms with Crippen LogP contribution in [0.25, 0.3) is 0 Å². The van der Waals surface area contributed by atoms with E-state index in [2.05, 4.69) is 0 Å². The van der Waals surface area contributed by atoms with Gasteiger partial charge >= 0.3 is 12.1 Å². The van der Waals surface area contributed by atoms with Gasteiger partial charge in [0, 0.05) is 24.3 Å². The number of nitrogens with zero attached hydrogens (tertiary/aromatic N) is 1. The molecule has 1 rings (SSSR count). The van der Waals surface area contributed by atoms with E-state index >= 15 is 0 Å². The molecular formula is C12H14F5N3O5S2. The van der Waals surface area contributed by atoms with E-state index < -0.39 is 33.6 Å². The van der Waals surface area contributed by atoms with Crippen molar-refractivity contribution >= 4 is 32.7 Å². The Balaban J connectivity index is 0.000000501. The molecule has 0 spiro atoms. The molecule has 0 aliphatic carbocycles. The number of nitro groups is 1. The van der Waals surface area contributed by atoms with Crippen LogP contribution >= 0.6 is 11.8 Å². The summed E-state index contributed by atoms with van der Waals surface area (Å²) < 4.78 is 88.8. The average molecular weight is 439 g/mol. The van der Waals surface area contributed by atoms with Crippen LogP contribution in [0.1, 0.15) is 12.8 Å². The Bertz CT molecular complexity index is 754. The van der Waals surface area contributed by atoms with E-state index in [4.69, 9.17) is 15.7 Å². The minimum absolute atomic E-state index is 0.0129. The molecule has 1 aromatic rings. The summed E-state index contributed by atoms with van der Waals surface area (Å²) in [6, 6.07) is 3.94. The van der Waals surface area contributed by atoms with Gasteiger partial charge in [0.15, 0.2) is 5.17 Å². The SMILES string of the molecule is N=C(N)SCCCC(F)(F)C(F)(F)F.O=[N+]([O-])c1ccc(S(=O)(=O)O)cc1. The van der Waals surface area contributed by atoms with Crippen LogP contribution < -0.4 is 5.73 Å². The van der Waals surface area contributed by atoms with Crippen molar-refractivity contribution in [3.63, 3.8) is 0 Å². The highest BCUT2D eigenvalue weighted by molar-refractivity contribution is 8.13. The maximum absolute atomic E-state index is 12.2. The third-order valence-electron chi connectivity index (χ3n) is 2.65. The third kappa shape index (κ3) is 9.48. The van der Waals surface area contributed by atoms with Crippen molar-refractivity contribution in [3.8, 4) is 0 Å². The molecule has 15 heteroatoms. The van der Waals surface area contributed by atoms with Crippen LogP contribution in [0, 0.1) is 15.5 Å². The minimum atomic E-state index is -5.49. The number of thioether (sulfide) groups is 1. The molecule has 0 aromatic heterocycles. The predicted molar refractivity (Wildman–Crippen MR) is 87.5 cm³/mol. The first-order valence-electron chi connectivity index (χ1n) is 6.71. The summed E-state index contributed by atoms with van der Waals surface area (Å²) in [7, 11) is -4.27. The van der Waals surface area contributed by atoms with Gasteiger partial charge in [-0.15, -0.1) is 0 Å². The largest absolute Gasteiger partial charge is 0.453 e. The Kier molecular flexibility index (Phi) is 9.07. The molecular weight excluding hydrogens is 425 g/mol. The van der Waals surface area contributed by atoms with Crippen molar-refractivity contribution in [3.05, 3.63) is 34.4 Å². The number of nitro benzene ring substituents is 1. The number of nitrogens with two attached hydrogens (primary N) is 1. The summed E-state index contributed by atoms with van der Waals surface area (Å²) in [5.74, 6) is -4.66. The van der Waals surface area contributed by atoms with Gasteiger partial charge in [-0.1, -0.05) is 11.8 Å². The first kappa shape index (κ1) is 25.0. The normalized spacial score (nSPS) is 12.1. The van der Waals surface area contributed by atoms with Crippen LogP contribution in [0.2, 0.25) is 0 Å². The standard InChI is InChI=1S/C6H9F5N2S.C6H5NO5S/c7-5(8,6(9,10)11)2-1-3-14-4(12)13;8-7(9)5-1-3-6(4-2-5)13(10,11)12/h1-3H2,(H3,12,13);1-4H,(H,10,11,12). The van der Waals surface area contributed by atoms with Gasteiger partial charge in [-0.2, -0.15) is 30.4 Å². The number of non-ortho nitro benzene ring substituents is 1. The smallest absolute Gasteiger partial charge is 0.379 e. The van der Waals surface area contributed by atoms with Crippen LogP contribution in [0.5, 0.6) is 0 Å². The molecule has 8 nitrogen and oxygen atoms in total. The van der Waals surface area contributed by atoms with Gasteiger partial charge in [0.25, 0.3) is 15.8 Å². The molecule has 0 fully saturated rings. The monoisotopic (exact) mass is 439 g/mol. The Morgan fingerprint density at radius 3 is 2.04 bits per heavy atom. The molecule has 1 aromatic carbocycles. The van der Waals surface area contributed by atoms with Crippen molar-refractivity contribution in [1.29, 1.82) is 5.41 Å². The fraction of sp³-hybridized carbons (Fsp3) is 0.417. The highest BCUT2D eigenvalue weighted by Gasteiger charge is 2.56. The number of hydrogen-bond donors (Lipinski definition) is 3. The zero-order chi connectivity index (χ0) is 21.5. The lowest BCUT2D eigenvalue weighted by molar-refractivity contribution is -0.384. The van der Waals surface area contributed by atoms with E-state index in [1.54, 1.807) is 0 Å².